The van der Waals surface area contributed by atoms with Gasteiger partial charge in [-0.3, -0.25) is 0 Å². The Labute approximate surface area is 104 Å². The lowest BCUT2D eigenvalue weighted by atomic mass is 10.2. The van der Waals surface area contributed by atoms with Crippen LogP contribution in [0.3, 0.4) is 0 Å². The molecule has 18 heavy (non-hydrogen) atoms. The highest BCUT2D eigenvalue weighted by Gasteiger charge is 2.07. The van der Waals surface area contributed by atoms with Gasteiger partial charge >= 0.3 is 6.08 Å². The molecule has 0 aliphatic carbocycles. The lowest BCUT2D eigenvalue weighted by Crippen LogP contribution is -1.91. The maximum atomic E-state index is 5.82. The van der Waals surface area contributed by atoms with Gasteiger partial charge in [0, 0.05) is 11.8 Å². The summed E-state index contributed by atoms with van der Waals surface area (Å²) in [6.07, 6.45) is 0.222. The fraction of sp³-hybridized carbons (Fsp3) is 0.0714. The zero-order valence-corrected chi connectivity index (χ0v) is 9.88. The third kappa shape index (κ3) is 1.88. The zero-order chi connectivity index (χ0) is 12.5. The van der Waals surface area contributed by atoms with E-state index >= 15 is 0 Å². The first-order valence-electron chi connectivity index (χ1n) is 5.62. The van der Waals surface area contributed by atoms with Gasteiger partial charge in [-0.2, -0.15) is 4.98 Å². The molecule has 1 aromatic heterocycles. The van der Waals surface area contributed by atoms with Gasteiger partial charge < -0.3 is 14.9 Å². The highest BCUT2D eigenvalue weighted by Crippen LogP contribution is 2.27. The second-order valence-corrected chi connectivity index (χ2v) is 4.07. The molecule has 0 saturated heterocycles. The van der Waals surface area contributed by atoms with Crippen LogP contribution in [0.5, 0.6) is 11.8 Å². The average Bonchev–Trinajstić information content (AvgIpc) is 2.76. The van der Waals surface area contributed by atoms with Crippen molar-refractivity contribution >= 4 is 16.8 Å². The van der Waals surface area contributed by atoms with Gasteiger partial charge in [0.05, 0.1) is 0 Å². The summed E-state index contributed by atoms with van der Waals surface area (Å²) in [5.74, 6) is 0.615. The van der Waals surface area contributed by atoms with E-state index in [1.54, 1.807) is 6.07 Å². The van der Waals surface area contributed by atoms with Gasteiger partial charge in [-0.25, -0.2) is 0 Å². The SMILES string of the molecule is Cc1ccc(Oc2nc3ccccc3o2)cc1N. The summed E-state index contributed by atoms with van der Waals surface area (Å²) in [5, 5.41) is 0. The molecule has 0 fully saturated rings. The largest absolute Gasteiger partial charge is 0.411 e. The van der Waals surface area contributed by atoms with Crippen molar-refractivity contribution in [1.29, 1.82) is 0 Å². The van der Waals surface area contributed by atoms with Crippen LogP contribution >= 0.6 is 0 Å². The van der Waals surface area contributed by atoms with Crippen molar-refractivity contribution in [2.75, 3.05) is 5.73 Å². The van der Waals surface area contributed by atoms with Crippen molar-refractivity contribution < 1.29 is 9.15 Å². The molecule has 0 aliphatic rings. The molecule has 90 valence electrons. The summed E-state index contributed by atoms with van der Waals surface area (Å²) in [7, 11) is 0. The Morgan fingerprint density at radius 3 is 2.78 bits per heavy atom. The summed E-state index contributed by atoms with van der Waals surface area (Å²) in [5.41, 5.74) is 8.99. The van der Waals surface area contributed by atoms with Crippen molar-refractivity contribution in [2.45, 2.75) is 6.92 Å². The predicted octanol–water partition coefficient (Wildman–Crippen LogP) is 3.51. The first kappa shape index (κ1) is 10.7. The number of hydrogen-bond acceptors (Lipinski definition) is 4. The van der Waals surface area contributed by atoms with Gasteiger partial charge in [0.15, 0.2) is 5.58 Å². The van der Waals surface area contributed by atoms with E-state index in [2.05, 4.69) is 4.98 Å². The Morgan fingerprint density at radius 1 is 1.17 bits per heavy atom. The van der Waals surface area contributed by atoms with Crippen LogP contribution in [-0.4, -0.2) is 4.98 Å². The number of para-hydroxylation sites is 2. The Balaban J connectivity index is 1.93. The molecule has 0 amide bonds. The minimum Gasteiger partial charge on any atom is -0.411 e. The number of nitrogens with zero attached hydrogens (tertiary/aromatic N) is 1. The van der Waals surface area contributed by atoms with Gasteiger partial charge in [0.2, 0.25) is 0 Å². The van der Waals surface area contributed by atoms with Crippen molar-refractivity contribution in [2.24, 2.45) is 0 Å². The van der Waals surface area contributed by atoms with Crippen LogP contribution in [0.2, 0.25) is 0 Å². The van der Waals surface area contributed by atoms with Gasteiger partial charge in [-0.1, -0.05) is 18.2 Å². The van der Waals surface area contributed by atoms with E-state index in [4.69, 9.17) is 14.9 Å². The summed E-state index contributed by atoms with van der Waals surface area (Å²) >= 11 is 0. The van der Waals surface area contributed by atoms with E-state index in [1.807, 2.05) is 43.3 Å². The van der Waals surface area contributed by atoms with E-state index in [9.17, 15) is 0 Å². The average molecular weight is 240 g/mol. The highest BCUT2D eigenvalue weighted by atomic mass is 16.6. The van der Waals surface area contributed by atoms with Crippen LogP contribution < -0.4 is 10.5 Å². The Bertz CT molecular complexity index is 671. The molecule has 4 nitrogen and oxygen atoms in total. The first-order chi connectivity index (χ1) is 8.72. The number of anilines is 1. The van der Waals surface area contributed by atoms with E-state index in [-0.39, 0.29) is 6.08 Å². The van der Waals surface area contributed by atoms with Crippen LogP contribution in [-0.2, 0) is 0 Å². The van der Waals surface area contributed by atoms with Crippen LogP contribution in [0, 0.1) is 6.92 Å². The molecule has 0 saturated carbocycles. The molecule has 0 aliphatic heterocycles. The molecule has 0 unspecified atom stereocenters. The molecule has 3 rings (SSSR count). The minimum absolute atomic E-state index is 0.222. The number of rotatable bonds is 2. The van der Waals surface area contributed by atoms with Crippen molar-refractivity contribution in [3.8, 4) is 11.8 Å². The number of oxazole rings is 1. The van der Waals surface area contributed by atoms with Crippen molar-refractivity contribution in [1.82, 2.24) is 4.98 Å². The summed E-state index contributed by atoms with van der Waals surface area (Å²) in [6.45, 7) is 1.94. The number of nitrogens with two attached hydrogens (primary N) is 1. The summed E-state index contributed by atoms with van der Waals surface area (Å²) in [4.78, 5) is 4.23. The lowest BCUT2D eigenvalue weighted by molar-refractivity contribution is 0.343. The zero-order valence-electron chi connectivity index (χ0n) is 9.88. The van der Waals surface area contributed by atoms with Gasteiger partial charge in [-0.05, 0) is 30.7 Å². The van der Waals surface area contributed by atoms with Crippen LogP contribution in [0.15, 0.2) is 46.9 Å². The van der Waals surface area contributed by atoms with Crippen molar-refractivity contribution in [3.05, 3.63) is 48.0 Å². The van der Waals surface area contributed by atoms with Crippen LogP contribution in [0.1, 0.15) is 5.56 Å². The topological polar surface area (TPSA) is 61.3 Å². The molecule has 0 atom stereocenters. The standard InChI is InChI=1S/C14H12N2O2/c1-9-6-7-10(8-11(9)15)17-14-16-12-4-2-3-5-13(12)18-14/h2-8H,15H2,1H3. The Hall–Kier alpha value is -2.49. The molecule has 0 bridgehead atoms. The monoisotopic (exact) mass is 240 g/mol. The van der Waals surface area contributed by atoms with Crippen LogP contribution in [0.4, 0.5) is 5.69 Å². The number of aromatic nitrogens is 1. The fourth-order valence-electron chi connectivity index (χ4n) is 1.68. The van der Waals surface area contributed by atoms with Gasteiger partial charge in [0.25, 0.3) is 0 Å². The van der Waals surface area contributed by atoms with Crippen LogP contribution in [0.25, 0.3) is 11.1 Å². The minimum atomic E-state index is 0.222. The van der Waals surface area contributed by atoms with E-state index < -0.39 is 0 Å². The molecule has 0 spiro atoms. The molecule has 2 N–H and O–H groups in total. The van der Waals surface area contributed by atoms with E-state index in [1.165, 1.54) is 0 Å². The highest BCUT2D eigenvalue weighted by molar-refractivity contribution is 5.72. The molecule has 0 radical (unpaired) electrons. The fourth-order valence-corrected chi connectivity index (χ4v) is 1.68. The number of hydrogen-bond donors (Lipinski definition) is 1. The number of fused-ring (bicyclic) bond motifs is 1. The molecule has 1 heterocycles. The number of nitrogen functional groups attached to an aromatic ring is 1. The maximum Gasteiger partial charge on any atom is 0.400 e. The Kier molecular flexibility index (Phi) is 2.41. The van der Waals surface area contributed by atoms with Crippen molar-refractivity contribution in [3.63, 3.8) is 0 Å². The Morgan fingerprint density at radius 2 is 2.00 bits per heavy atom. The first-order valence-corrected chi connectivity index (χ1v) is 5.62. The third-order valence-corrected chi connectivity index (χ3v) is 2.73. The predicted molar refractivity (Wildman–Crippen MR) is 69.7 cm³/mol. The molecule has 3 aromatic rings. The normalized spacial score (nSPS) is 10.7. The maximum absolute atomic E-state index is 5.82. The van der Waals surface area contributed by atoms with Gasteiger partial charge in [-0.15, -0.1) is 0 Å². The third-order valence-electron chi connectivity index (χ3n) is 2.73. The molecular weight excluding hydrogens is 228 g/mol. The quantitative estimate of drug-likeness (QED) is 0.696. The molecule has 2 aromatic carbocycles. The second-order valence-electron chi connectivity index (χ2n) is 4.07. The van der Waals surface area contributed by atoms with E-state index in [0.717, 1.165) is 11.1 Å². The smallest absolute Gasteiger partial charge is 0.400 e. The van der Waals surface area contributed by atoms with Gasteiger partial charge in [0.1, 0.15) is 11.3 Å². The van der Waals surface area contributed by atoms with E-state index in [0.29, 0.717) is 17.0 Å². The summed E-state index contributed by atoms with van der Waals surface area (Å²) < 4.78 is 11.0. The number of ether oxygens (including phenoxy) is 1. The molecular formula is C14H12N2O2. The lowest BCUT2D eigenvalue weighted by Gasteiger charge is -2.03. The number of aryl methyl sites for hydroxylation is 1. The molecule has 4 heteroatoms. The second kappa shape index (κ2) is 4.07. The number of benzene rings is 2. The summed E-state index contributed by atoms with van der Waals surface area (Å²) in [6, 6.07) is 13.0.